The number of hydrogen-bond acceptors (Lipinski definition) is 18. The van der Waals surface area contributed by atoms with Crippen molar-refractivity contribution in [3.05, 3.63) is 88.8 Å². The van der Waals surface area contributed by atoms with E-state index in [2.05, 4.69) is 25.7 Å². The van der Waals surface area contributed by atoms with E-state index in [9.17, 15) is 47.1 Å². The lowest BCUT2D eigenvalue weighted by Crippen LogP contribution is -2.54. The van der Waals surface area contributed by atoms with E-state index in [1.807, 2.05) is 38.6 Å². The zero-order valence-corrected chi connectivity index (χ0v) is 53.1. The number of amides is 7. The molecule has 27 heteroatoms. The quantitative estimate of drug-likeness (QED) is 0.0361. The fourth-order valence-corrected chi connectivity index (χ4v) is 12.1. The van der Waals surface area contributed by atoms with Crippen LogP contribution in [0.3, 0.4) is 0 Å². The molecule has 0 unspecified atom stereocenters. The molecule has 8 rings (SSSR count). The number of aliphatic imine (C=N–C) groups is 1. The normalized spacial score (nSPS) is 20.4. The minimum absolute atomic E-state index is 0.0473. The maximum atomic E-state index is 14.2. The van der Waals surface area contributed by atoms with Gasteiger partial charge in [-0.3, -0.25) is 29.0 Å². The highest BCUT2D eigenvalue weighted by molar-refractivity contribution is 7.88. The van der Waals surface area contributed by atoms with E-state index in [4.69, 9.17) is 33.2 Å². The van der Waals surface area contributed by atoms with Gasteiger partial charge in [0.2, 0.25) is 17.7 Å². The van der Waals surface area contributed by atoms with Crippen molar-refractivity contribution in [2.45, 2.75) is 149 Å². The number of fused-ring (bicyclic) bond motifs is 4. The first-order chi connectivity index (χ1) is 43.0. The third kappa shape index (κ3) is 16.8. The SMILES string of the molecule is CCC[C@@H]1[C@H](CCC)[C@@H]1OC(=O)NS(=O)(=O)NCCOCC(=O)N[C@H](C(=O)N[C@@H](C)C(=O)Nc1ccc(COC(=O)N2c3cc(OCCCCCOc4cc5c(cc4OC)C(=O)N4C=C(C)C[C@H]4C=N5)c(OC)cc3C(=O)N3C=C(C)C[C@H]3[C@@H]2O)cc1)C(C)C. The standard InChI is InChI=1S/C63H83N9O17S/c1-10-15-43-44(16-11-2)56(43)89-62(79)69-90(81,82)65-21-24-85-35-54(73)68-55(36(3)4)58(75)66-39(7)57(74)67-41-19-17-40(18-20-41)34-88-63(80)72-48-30-53(51(84-9)28-46(48)60(77)71-33-38(6)26-49(71)61(72)78)87-23-14-12-13-22-86-52-29-47-45(27-50(52)83-8)59(76)70-32-37(5)25-42(70)31-64-47/h17-20,27-33,36,39,42-44,49,55-56,61,65,78H,10-16,21-26,34-35H2,1-9H3,(H,66,75)(H,67,74)(H,68,73)(H,69,79)/t39-,42-,43-,44+,49-,55-,56-,61-/m0/s1. The Bertz CT molecular complexity index is 3340. The largest absolute Gasteiger partial charge is 0.493 e. The van der Waals surface area contributed by atoms with Crippen molar-refractivity contribution in [2.24, 2.45) is 22.7 Å². The van der Waals surface area contributed by atoms with Gasteiger partial charge < -0.3 is 64.0 Å². The second-order valence-corrected chi connectivity index (χ2v) is 24.9. The van der Waals surface area contributed by atoms with Crippen LogP contribution in [0.5, 0.6) is 23.0 Å². The number of unbranched alkanes of at least 4 members (excludes halogenated alkanes) is 2. The molecule has 4 aliphatic heterocycles. The highest BCUT2D eigenvalue weighted by Crippen LogP contribution is 2.48. The van der Waals surface area contributed by atoms with Crippen LogP contribution in [0.1, 0.15) is 133 Å². The van der Waals surface area contributed by atoms with Crippen LogP contribution < -0.4 is 49.2 Å². The zero-order chi connectivity index (χ0) is 65.0. The molecule has 5 aliphatic rings. The third-order valence-electron chi connectivity index (χ3n) is 16.1. The summed E-state index contributed by atoms with van der Waals surface area (Å²) < 4.78 is 69.0. The van der Waals surface area contributed by atoms with Gasteiger partial charge in [0.25, 0.3) is 11.8 Å². The summed E-state index contributed by atoms with van der Waals surface area (Å²) in [4.78, 5) is 102. The van der Waals surface area contributed by atoms with Gasteiger partial charge in [-0.05, 0) is 101 Å². The van der Waals surface area contributed by atoms with Crippen molar-refractivity contribution in [1.29, 1.82) is 0 Å². The molecule has 3 aromatic rings. The monoisotopic (exact) mass is 1270 g/mol. The fourth-order valence-electron chi connectivity index (χ4n) is 11.4. The number of carbonyl (C=O) groups excluding carboxylic acids is 7. The summed E-state index contributed by atoms with van der Waals surface area (Å²) in [6.07, 6.45) is 7.95. The van der Waals surface area contributed by atoms with Gasteiger partial charge in [-0.15, -0.1) is 0 Å². The van der Waals surface area contributed by atoms with Crippen LogP contribution in [-0.4, -0.2) is 155 Å². The molecular weight excluding hydrogens is 1190 g/mol. The molecule has 7 amide bonds. The van der Waals surface area contributed by atoms with Gasteiger partial charge in [0, 0.05) is 54.8 Å². The van der Waals surface area contributed by atoms with Gasteiger partial charge in [-0.25, -0.2) is 19.2 Å². The number of methoxy groups -OCH3 is 2. The van der Waals surface area contributed by atoms with Crippen molar-refractivity contribution in [3.63, 3.8) is 0 Å². The highest BCUT2D eigenvalue weighted by atomic mass is 32.2. The molecule has 6 N–H and O–H groups in total. The molecule has 0 aromatic heterocycles. The Morgan fingerprint density at radius 1 is 0.756 bits per heavy atom. The van der Waals surface area contributed by atoms with E-state index >= 15 is 0 Å². The Kier molecular flexibility index (Phi) is 22.9. The first kappa shape index (κ1) is 67.7. The summed E-state index contributed by atoms with van der Waals surface area (Å²) >= 11 is 0. The van der Waals surface area contributed by atoms with Crippen LogP contribution >= 0.6 is 0 Å². The second kappa shape index (κ2) is 30.5. The number of nitrogens with one attached hydrogen (secondary N) is 5. The van der Waals surface area contributed by atoms with Crippen LogP contribution in [0.15, 0.2) is 77.1 Å². The molecule has 0 radical (unpaired) electrons. The number of hydrogen-bond donors (Lipinski definition) is 6. The maximum absolute atomic E-state index is 14.2. The fraction of sp³-hybridized carbons (Fsp3) is 0.524. The lowest BCUT2D eigenvalue weighted by molar-refractivity contribution is -0.133. The van der Waals surface area contributed by atoms with E-state index in [0.29, 0.717) is 59.9 Å². The topological polar surface area (TPSA) is 321 Å². The minimum atomic E-state index is -4.27. The highest BCUT2D eigenvalue weighted by Gasteiger charge is 2.52. The van der Waals surface area contributed by atoms with Gasteiger partial charge >= 0.3 is 22.4 Å². The van der Waals surface area contributed by atoms with Gasteiger partial charge in [0.1, 0.15) is 31.4 Å². The number of ether oxygens (including phenoxy) is 7. The first-order valence-corrected chi connectivity index (χ1v) is 32.0. The van der Waals surface area contributed by atoms with Gasteiger partial charge in [0.15, 0.2) is 29.2 Å². The number of aliphatic hydroxyl groups excluding tert-OH is 1. The molecule has 3 aromatic carbocycles. The van der Waals surface area contributed by atoms with Crippen LogP contribution in [-0.2, 0) is 45.4 Å². The van der Waals surface area contributed by atoms with E-state index in [-0.39, 0.29) is 85.4 Å². The predicted octanol–water partition coefficient (Wildman–Crippen LogP) is 7.14. The minimum Gasteiger partial charge on any atom is -0.493 e. The Balaban J connectivity index is 0.791. The molecular formula is C63H83N9O17S. The predicted molar refractivity (Wildman–Crippen MR) is 332 cm³/mol. The molecule has 8 atom stereocenters. The summed E-state index contributed by atoms with van der Waals surface area (Å²) in [6, 6.07) is 9.59. The first-order valence-electron chi connectivity index (χ1n) is 30.5. The van der Waals surface area contributed by atoms with Crippen molar-refractivity contribution >= 4 is 75.2 Å². The van der Waals surface area contributed by atoms with Gasteiger partial charge in [-0.2, -0.15) is 13.1 Å². The van der Waals surface area contributed by atoms with Crippen molar-refractivity contribution in [3.8, 4) is 23.0 Å². The molecule has 0 saturated heterocycles. The van der Waals surface area contributed by atoms with Gasteiger partial charge in [0.05, 0.1) is 68.6 Å². The molecule has 4 heterocycles. The average molecular weight is 1270 g/mol. The summed E-state index contributed by atoms with van der Waals surface area (Å²) in [6.45, 7) is 12.0. The molecule has 488 valence electrons. The van der Waals surface area contributed by atoms with Crippen LogP contribution in [0.2, 0.25) is 0 Å². The van der Waals surface area contributed by atoms with E-state index < -0.39 is 82.9 Å². The average Bonchev–Trinajstić information content (AvgIpc) is 1.63. The van der Waals surface area contributed by atoms with Gasteiger partial charge in [-0.1, -0.05) is 63.8 Å². The summed E-state index contributed by atoms with van der Waals surface area (Å²) in [5, 5.41) is 19.9. The van der Waals surface area contributed by atoms with E-state index in [1.54, 1.807) is 67.6 Å². The Labute approximate surface area is 524 Å². The summed E-state index contributed by atoms with van der Waals surface area (Å²) in [7, 11) is -1.32. The number of carbonyl (C=O) groups is 7. The maximum Gasteiger partial charge on any atom is 0.422 e. The van der Waals surface area contributed by atoms with Crippen LogP contribution in [0, 0.1) is 17.8 Å². The summed E-state index contributed by atoms with van der Waals surface area (Å²) in [5.74, 6) is -1.17. The number of rotatable bonds is 30. The lowest BCUT2D eigenvalue weighted by Gasteiger charge is -2.31. The second-order valence-electron chi connectivity index (χ2n) is 23.4. The summed E-state index contributed by atoms with van der Waals surface area (Å²) in [5.41, 5.74) is 3.82. The zero-order valence-electron chi connectivity index (χ0n) is 52.3. The lowest BCUT2D eigenvalue weighted by atomic mass is 10.0. The molecule has 0 bridgehead atoms. The van der Waals surface area contributed by atoms with Crippen molar-refractivity contribution in [2.75, 3.05) is 57.4 Å². The Morgan fingerprint density at radius 3 is 2.02 bits per heavy atom. The van der Waals surface area contributed by atoms with Crippen molar-refractivity contribution in [1.82, 2.24) is 29.9 Å². The molecule has 0 spiro atoms. The van der Waals surface area contributed by atoms with Crippen molar-refractivity contribution < 1.29 is 80.2 Å². The van der Waals surface area contributed by atoms with E-state index in [0.717, 1.165) is 48.2 Å². The molecule has 90 heavy (non-hydrogen) atoms. The number of aliphatic hydroxyl groups is 1. The molecule has 1 aliphatic carbocycles. The molecule has 1 fully saturated rings. The van der Waals surface area contributed by atoms with Crippen LogP contribution in [0.4, 0.5) is 26.7 Å². The number of anilines is 2. The number of nitrogens with zero attached hydrogens (tertiary/aromatic N) is 4. The Hall–Kier alpha value is -8.27. The smallest absolute Gasteiger partial charge is 0.422 e. The third-order valence-corrected chi connectivity index (χ3v) is 17.1. The number of benzene rings is 3. The Morgan fingerprint density at radius 2 is 1.38 bits per heavy atom. The van der Waals surface area contributed by atoms with E-state index in [1.165, 1.54) is 38.2 Å². The molecule has 1 saturated carbocycles. The van der Waals surface area contributed by atoms with Crippen LogP contribution in [0.25, 0.3) is 0 Å². The molecule has 26 nitrogen and oxygen atoms in total.